The number of anilines is 2. The van der Waals surface area contributed by atoms with Crippen molar-refractivity contribution in [3.63, 3.8) is 0 Å². The molecule has 28 nitrogen and oxygen atoms in total. The number of allylic oxidation sites excluding steroid dienone is 3. The molecule has 0 aliphatic carbocycles. The maximum Gasteiger partial charge on any atom is 0.409 e. The van der Waals surface area contributed by atoms with E-state index in [1.165, 1.54) is 64.2 Å². The predicted octanol–water partition coefficient (Wildman–Crippen LogP) is 4.67. The highest BCUT2D eigenvalue weighted by atomic mass is 35.5. The summed E-state index contributed by atoms with van der Waals surface area (Å²) in [5.41, 5.74) is 4.74. The van der Waals surface area contributed by atoms with E-state index in [9.17, 15) is 57.8 Å². The summed E-state index contributed by atoms with van der Waals surface area (Å²) in [5, 5.41) is 25.3. The van der Waals surface area contributed by atoms with Gasteiger partial charge in [-0.05, 0) is 94.2 Å². The summed E-state index contributed by atoms with van der Waals surface area (Å²) in [6.07, 6.45) is 3.34. The van der Waals surface area contributed by atoms with Gasteiger partial charge in [0.05, 0.1) is 25.3 Å². The Hall–Kier alpha value is -8.60. The number of hydrogen-bond acceptors (Lipinski definition) is 18. The maximum atomic E-state index is 14.5. The van der Waals surface area contributed by atoms with E-state index in [1.54, 1.807) is 76.2 Å². The van der Waals surface area contributed by atoms with Gasteiger partial charge in [0.25, 0.3) is 11.8 Å². The minimum Gasteiger partial charge on any atom is -0.495 e. The number of hydrogen-bond donors (Lipinski definition) is 7. The van der Waals surface area contributed by atoms with Crippen molar-refractivity contribution >= 4 is 88.5 Å². The lowest BCUT2D eigenvalue weighted by molar-refractivity contribution is -0.162. The van der Waals surface area contributed by atoms with Crippen molar-refractivity contribution in [1.29, 1.82) is 0 Å². The number of nitrogens with two attached hydrogens (primary N) is 1. The molecule has 0 radical (unpaired) electrons. The smallest absolute Gasteiger partial charge is 0.409 e. The largest absolute Gasteiger partial charge is 0.495 e. The molecule has 1 unspecified atom stereocenters. The topological polar surface area (TPSA) is 366 Å². The van der Waals surface area contributed by atoms with Gasteiger partial charge in [0, 0.05) is 90.9 Å². The first kappa shape index (κ1) is 74.4. The van der Waals surface area contributed by atoms with Crippen LogP contribution in [0.3, 0.4) is 0 Å². The standard InChI is InChI=1S/C65H89ClN10O18/c1-37(2)56(71-50(77)20-13-12-14-29-76-52(79)25-26-53(76)80)59(83)70-44(18-16-28-68-61(67)85)58(82)69-43-23-21-41(22-24-43)36-91-63(87)73(7)30-27-51(78)74(8)40(5)60(84)93-49-34-54(81)75(9)45-32-42(33-46(89-10)55(45)66)31-38(3)17-15-19-48(90-11)65(88)35-47(92-62(86)72-65)39(4)57-64(49,6)94-57/h15,17,19,21-26,32-33,37,39-40,44,47-49,56-57,88H,12-14,16,18,20,27-31,34-36H2,1-11H3,(H,69,82)(H,70,83)(H,71,77)(H,72,86)(H3,67,68,85)/b19-15+,38-17+/t39-,40+,44-,47+,48-,49+,56?,57+,64+,65+/m1/s1. The zero-order valence-electron chi connectivity index (χ0n) is 55.1. The second-order valence-corrected chi connectivity index (χ2v) is 24.9. The third-order valence-electron chi connectivity index (χ3n) is 17.1. The number of methoxy groups -OCH3 is 2. The fraction of sp³-hybridized carbons (Fsp3) is 0.554. The molecule has 514 valence electrons. The molecule has 29 heteroatoms. The van der Waals surface area contributed by atoms with Gasteiger partial charge in [-0.1, -0.05) is 74.7 Å². The van der Waals surface area contributed by atoms with Gasteiger partial charge in [-0.3, -0.25) is 43.8 Å². The highest BCUT2D eigenvalue weighted by Gasteiger charge is 2.64. The SMILES string of the molecule is COc1cc2cc(c1Cl)N(C)C(=O)C[C@H](OC(=O)[C@H](C)N(C)C(=O)CCN(C)C(=O)OCc1ccc(NC(=O)[C@@H](CCCNC(N)=O)NC(=O)C(NC(=O)CCCCCN3C(=O)C=CC3=O)C(C)C)cc1)[C@]1(C)O[C@H]1[C@H](C)[C@@H]1C[C@@](O)(NC(=O)O1)[C@H](OC)/C=C/C=C(\C)C2. The number of aliphatic hydroxyl groups is 1. The zero-order chi connectivity index (χ0) is 69.4. The van der Waals surface area contributed by atoms with Crippen LogP contribution in [0.25, 0.3) is 0 Å². The van der Waals surface area contributed by atoms with Gasteiger partial charge in [0.2, 0.25) is 29.5 Å². The van der Waals surface area contributed by atoms with Crippen molar-refractivity contribution in [2.45, 2.75) is 166 Å². The molecule has 2 saturated heterocycles. The number of amides is 11. The van der Waals surface area contributed by atoms with Crippen LogP contribution in [0.15, 0.2) is 72.4 Å². The molecule has 2 aromatic rings. The van der Waals surface area contributed by atoms with Crippen LogP contribution in [0.5, 0.6) is 5.75 Å². The molecule has 2 fully saturated rings. The normalized spacial score (nSPS) is 23.8. The summed E-state index contributed by atoms with van der Waals surface area (Å²) < 4.78 is 35.0. The van der Waals surface area contributed by atoms with Gasteiger partial charge in [-0.25, -0.2) is 19.2 Å². The van der Waals surface area contributed by atoms with E-state index in [2.05, 4.69) is 26.6 Å². The number of epoxide rings is 1. The predicted molar refractivity (Wildman–Crippen MR) is 343 cm³/mol. The summed E-state index contributed by atoms with van der Waals surface area (Å²) in [4.78, 5) is 149. The summed E-state index contributed by atoms with van der Waals surface area (Å²) in [7, 11) is 7.19. The van der Waals surface area contributed by atoms with Crippen LogP contribution in [0.1, 0.15) is 110 Å². The molecule has 94 heavy (non-hydrogen) atoms. The van der Waals surface area contributed by atoms with Crippen LogP contribution in [-0.2, 0) is 75.1 Å². The van der Waals surface area contributed by atoms with E-state index in [1.807, 2.05) is 13.0 Å². The van der Waals surface area contributed by atoms with Crippen LogP contribution < -0.4 is 42.0 Å². The highest BCUT2D eigenvalue weighted by Crippen LogP contribution is 2.49. The lowest BCUT2D eigenvalue weighted by atomic mass is 9.83. The first-order chi connectivity index (χ1) is 44.4. The van der Waals surface area contributed by atoms with E-state index in [-0.39, 0.29) is 81.1 Å². The van der Waals surface area contributed by atoms with Crippen LogP contribution in [-0.4, -0.2) is 194 Å². The monoisotopic (exact) mass is 1330 g/mol. The van der Waals surface area contributed by atoms with E-state index in [0.29, 0.717) is 48.4 Å². The molecule has 2 aromatic carbocycles. The van der Waals surface area contributed by atoms with Gasteiger partial charge < -0.3 is 75.2 Å². The molecule has 6 rings (SSSR count). The second kappa shape index (κ2) is 33.5. The van der Waals surface area contributed by atoms with E-state index in [4.69, 9.17) is 45.8 Å². The Morgan fingerprint density at radius 1 is 0.936 bits per heavy atom. The van der Waals surface area contributed by atoms with Crippen molar-refractivity contribution < 1.29 is 86.3 Å². The summed E-state index contributed by atoms with van der Waals surface area (Å²) in [6.45, 7) is 10.2. The average Bonchev–Trinajstić information content (AvgIpc) is 1.58. The van der Waals surface area contributed by atoms with Gasteiger partial charge in [-0.15, -0.1) is 0 Å². The van der Waals surface area contributed by atoms with E-state index in [0.717, 1.165) is 20.9 Å². The molecule has 4 aliphatic heterocycles. The molecular weight excluding hydrogens is 1240 g/mol. The molecule has 4 bridgehead atoms. The number of halogens is 1. The maximum absolute atomic E-state index is 14.5. The Morgan fingerprint density at radius 3 is 2.28 bits per heavy atom. The van der Waals surface area contributed by atoms with E-state index < -0.39 is 120 Å². The minimum absolute atomic E-state index is 0.0780. The number of alkyl carbamates (subject to hydrolysis) is 1. The Kier molecular flexibility index (Phi) is 26.5. The Bertz CT molecular complexity index is 3220. The second-order valence-electron chi connectivity index (χ2n) is 24.6. The van der Waals surface area contributed by atoms with Gasteiger partial charge in [-0.2, -0.15) is 0 Å². The number of benzene rings is 2. The number of imide groups is 1. The number of urea groups is 1. The fourth-order valence-corrected chi connectivity index (χ4v) is 11.4. The lowest BCUT2D eigenvalue weighted by Gasteiger charge is -2.42. The summed E-state index contributed by atoms with van der Waals surface area (Å²) in [6, 6.07) is 5.70. The Labute approximate surface area is 551 Å². The molecular formula is C65H89ClN10O18. The molecule has 10 atom stereocenters. The minimum atomic E-state index is -1.91. The summed E-state index contributed by atoms with van der Waals surface area (Å²) >= 11 is 6.84. The first-order valence-electron chi connectivity index (χ1n) is 31.2. The third kappa shape index (κ3) is 20.0. The van der Waals surface area contributed by atoms with Gasteiger partial charge >= 0.3 is 24.2 Å². The molecule has 4 aliphatic rings. The molecule has 4 heterocycles. The van der Waals surface area contributed by atoms with Crippen molar-refractivity contribution in [3.05, 3.63) is 88.5 Å². The van der Waals surface area contributed by atoms with Crippen LogP contribution >= 0.6 is 11.6 Å². The third-order valence-corrected chi connectivity index (χ3v) is 17.5. The fourth-order valence-electron chi connectivity index (χ4n) is 11.1. The van der Waals surface area contributed by atoms with Crippen molar-refractivity contribution in [2.75, 3.05) is 65.2 Å². The zero-order valence-corrected chi connectivity index (χ0v) is 55.8. The van der Waals surface area contributed by atoms with Crippen molar-refractivity contribution in [3.8, 4) is 5.75 Å². The number of fused-ring (bicyclic) bond motifs is 5. The number of rotatable bonds is 26. The number of carbonyl (C=O) groups is 11. The number of nitrogens with zero attached hydrogens (tertiary/aromatic N) is 4. The number of carbonyl (C=O) groups excluding carboxylic acids is 11. The Morgan fingerprint density at radius 2 is 1.63 bits per heavy atom. The average molecular weight is 1330 g/mol. The first-order valence-corrected chi connectivity index (χ1v) is 31.6. The molecule has 11 amide bonds. The number of ether oxygens (including phenoxy) is 6. The number of unbranched alkanes of at least 4 members (excludes halogenated alkanes) is 2. The molecule has 0 saturated carbocycles. The molecule has 0 aromatic heterocycles. The van der Waals surface area contributed by atoms with Crippen molar-refractivity contribution in [1.82, 2.24) is 36.0 Å². The number of likely N-dealkylation sites (N-methyl/N-ethyl adjacent to an activating group) is 1. The molecule has 8 N–H and O–H groups in total. The van der Waals surface area contributed by atoms with Gasteiger partial charge in [0.1, 0.15) is 59.4 Å². The van der Waals surface area contributed by atoms with Crippen LogP contribution in [0.2, 0.25) is 5.02 Å². The van der Waals surface area contributed by atoms with Gasteiger partial charge in [0.15, 0.2) is 5.72 Å². The van der Waals surface area contributed by atoms with E-state index >= 15 is 0 Å². The lowest BCUT2D eigenvalue weighted by Crippen LogP contribution is -2.63. The number of esters is 1. The Balaban J connectivity index is 1.03. The van der Waals surface area contributed by atoms with Crippen LogP contribution in [0.4, 0.5) is 25.8 Å². The summed E-state index contributed by atoms with van der Waals surface area (Å²) in [5.74, 6) is -5.03. The number of primary amides is 1. The van der Waals surface area contributed by atoms with Crippen LogP contribution in [0, 0.1) is 11.8 Å². The highest BCUT2D eigenvalue weighted by molar-refractivity contribution is 6.35. The quantitative estimate of drug-likeness (QED) is 0.0221. The number of nitrogens with one attached hydrogen (secondary N) is 5. The van der Waals surface area contributed by atoms with Crippen molar-refractivity contribution in [2.24, 2.45) is 17.6 Å². The molecule has 0 spiro atoms.